The fourth-order valence-corrected chi connectivity index (χ4v) is 3.88. The van der Waals surface area contributed by atoms with Gasteiger partial charge in [0, 0.05) is 43.4 Å². The highest BCUT2D eigenvalue weighted by molar-refractivity contribution is 6.00. The van der Waals surface area contributed by atoms with Gasteiger partial charge in [-0.15, -0.1) is 0 Å². The van der Waals surface area contributed by atoms with E-state index in [2.05, 4.69) is 10.6 Å². The third kappa shape index (κ3) is 5.01. The summed E-state index contributed by atoms with van der Waals surface area (Å²) in [4.78, 5) is 38.7. The minimum atomic E-state index is -0.428. The Kier molecular flexibility index (Phi) is 6.58. The molecule has 3 amide bonds. The van der Waals surface area contributed by atoms with Crippen LogP contribution < -0.4 is 25.0 Å². The third-order valence-electron chi connectivity index (χ3n) is 5.49. The number of carbonyl (C=O) groups is 3. The summed E-state index contributed by atoms with van der Waals surface area (Å²) in [5, 5.41) is 5.77. The molecule has 0 saturated carbocycles. The second-order valence-corrected chi connectivity index (χ2v) is 7.95. The van der Waals surface area contributed by atoms with Crippen LogP contribution in [-0.2, 0) is 20.9 Å². The number of nitrogens with zero attached hydrogens (tertiary/aromatic N) is 1. The molecule has 0 bridgehead atoms. The fraction of sp³-hybridized carbons (Fsp3) is 0.375. The zero-order valence-corrected chi connectivity index (χ0v) is 18.1. The maximum absolute atomic E-state index is 12.7. The Morgan fingerprint density at radius 2 is 1.91 bits per heavy atom. The molecule has 1 atom stereocenters. The molecule has 4 rings (SSSR count). The fourth-order valence-electron chi connectivity index (χ4n) is 3.88. The molecule has 2 aromatic carbocycles. The molecule has 0 aliphatic carbocycles. The first kappa shape index (κ1) is 21.7. The van der Waals surface area contributed by atoms with Gasteiger partial charge < -0.3 is 25.0 Å². The van der Waals surface area contributed by atoms with Crippen LogP contribution >= 0.6 is 0 Å². The molecule has 0 aromatic heterocycles. The Morgan fingerprint density at radius 3 is 2.72 bits per heavy atom. The Hall–Kier alpha value is -3.55. The minimum Gasteiger partial charge on any atom is -0.486 e. The van der Waals surface area contributed by atoms with Crippen LogP contribution in [0.1, 0.15) is 31.7 Å². The van der Waals surface area contributed by atoms with Gasteiger partial charge in [0.05, 0.1) is 5.92 Å². The Morgan fingerprint density at radius 1 is 1.09 bits per heavy atom. The third-order valence-corrected chi connectivity index (χ3v) is 5.49. The van der Waals surface area contributed by atoms with Crippen molar-refractivity contribution in [1.29, 1.82) is 0 Å². The van der Waals surface area contributed by atoms with E-state index in [1.54, 1.807) is 17.0 Å². The number of ether oxygens (including phenoxy) is 2. The Bertz CT molecular complexity index is 1020. The van der Waals surface area contributed by atoms with Gasteiger partial charge in [-0.1, -0.05) is 19.1 Å². The number of hydrogen-bond acceptors (Lipinski definition) is 5. The summed E-state index contributed by atoms with van der Waals surface area (Å²) in [6, 6.07) is 12.8. The summed E-state index contributed by atoms with van der Waals surface area (Å²) in [6.45, 7) is 3.57. The molecule has 8 heteroatoms. The smallest absolute Gasteiger partial charge is 0.227 e. The van der Waals surface area contributed by atoms with Crippen molar-refractivity contribution in [2.45, 2.75) is 32.7 Å². The molecule has 2 heterocycles. The molecule has 0 radical (unpaired) electrons. The molecule has 1 saturated heterocycles. The summed E-state index contributed by atoms with van der Waals surface area (Å²) in [5.74, 6) is 0.552. The Balaban J connectivity index is 1.34. The van der Waals surface area contributed by atoms with Gasteiger partial charge in [-0.25, -0.2) is 0 Å². The van der Waals surface area contributed by atoms with E-state index in [-0.39, 0.29) is 24.1 Å². The van der Waals surface area contributed by atoms with E-state index >= 15 is 0 Å². The van der Waals surface area contributed by atoms with Crippen LogP contribution in [0.15, 0.2) is 42.5 Å². The Labute approximate surface area is 186 Å². The van der Waals surface area contributed by atoms with Gasteiger partial charge in [0.2, 0.25) is 17.7 Å². The van der Waals surface area contributed by atoms with E-state index < -0.39 is 5.92 Å². The van der Waals surface area contributed by atoms with Crippen molar-refractivity contribution in [3.05, 3.63) is 48.0 Å². The molecule has 8 nitrogen and oxygen atoms in total. The molecule has 1 unspecified atom stereocenters. The minimum absolute atomic E-state index is 0.0302. The molecular weight excluding hydrogens is 410 g/mol. The van der Waals surface area contributed by atoms with E-state index in [9.17, 15) is 14.4 Å². The number of benzene rings is 2. The second kappa shape index (κ2) is 9.72. The average molecular weight is 437 g/mol. The van der Waals surface area contributed by atoms with Gasteiger partial charge in [-0.2, -0.15) is 0 Å². The van der Waals surface area contributed by atoms with Crippen molar-refractivity contribution >= 4 is 29.1 Å². The lowest BCUT2D eigenvalue weighted by Gasteiger charge is -2.22. The van der Waals surface area contributed by atoms with E-state index in [1.807, 2.05) is 37.3 Å². The van der Waals surface area contributed by atoms with Crippen LogP contribution in [0, 0.1) is 5.92 Å². The highest BCUT2D eigenvalue weighted by Gasteiger charge is 2.35. The van der Waals surface area contributed by atoms with Crippen LogP contribution in [0.4, 0.5) is 11.4 Å². The predicted molar refractivity (Wildman–Crippen MR) is 120 cm³/mol. The van der Waals surface area contributed by atoms with E-state index in [1.165, 1.54) is 0 Å². The largest absolute Gasteiger partial charge is 0.486 e. The van der Waals surface area contributed by atoms with E-state index in [0.29, 0.717) is 55.6 Å². The number of anilines is 2. The summed E-state index contributed by atoms with van der Waals surface area (Å²) in [7, 11) is 0. The van der Waals surface area contributed by atoms with Gasteiger partial charge in [-0.05, 0) is 36.2 Å². The number of hydrogen-bond donors (Lipinski definition) is 2. The topological polar surface area (TPSA) is 97.0 Å². The van der Waals surface area contributed by atoms with Crippen molar-refractivity contribution in [1.82, 2.24) is 5.32 Å². The number of nitrogens with one attached hydrogen (secondary N) is 2. The molecule has 32 heavy (non-hydrogen) atoms. The molecule has 2 aliphatic rings. The SMILES string of the molecule is CCCC(=O)Nc1cccc(CNC(=O)C2CC(=O)N(c3ccc4c(c3)OCCO4)C2)c1. The van der Waals surface area contributed by atoms with Crippen LogP contribution in [0.3, 0.4) is 0 Å². The number of rotatable bonds is 7. The van der Waals surface area contributed by atoms with Crippen LogP contribution in [0.25, 0.3) is 0 Å². The first-order valence-electron chi connectivity index (χ1n) is 10.9. The van der Waals surface area contributed by atoms with Crippen LogP contribution in [0.2, 0.25) is 0 Å². The normalized spacial score (nSPS) is 17.2. The first-order chi connectivity index (χ1) is 15.5. The maximum atomic E-state index is 12.7. The lowest BCUT2D eigenvalue weighted by atomic mass is 10.1. The number of carbonyl (C=O) groups excluding carboxylic acids is 3. The molecule has 1 fully saturated rings. The standard InChI is InChI=1S/C24H27N3O5/c1-2-4-22(28)26-18-6-3-5-16(11-18)14-25-24(30)17-12-23(29)27(15-17)19-7-8-20-21(13-19)32-10-9-31-20/h3,5-8,11,13,17H,2,4,9-10,12,14-15H2,1H3,(H,25,30)(H,26,28). The zero-order chi connectivity index (χ0) is 22.5. The number of fused-ring (bicyclic) bond motifs is 1. The quantitative estimate of drug-likeness (QED) is 0.694. The lowest BCUT2D eigenvalue weighted by molar-refractivity contribution is -0.126. The second-order valence-electron chi connectivity index (χ2n) is 7.95. The highest BCUT2D eigenvalue weighted by atomic mass is 16.6. The molecular formula is C24H27N3O5. The van der Waals surface area contributed by atoms with Gasteiger partial charge in [0.15, 0.2) is 11.5 Å². The van der Waals surface area contributed by atoms with Gasteiger partial charge >= 0.3 is 0 Å². The van der Waals surface area contributed by atoms with Crippen molar-refractivity contribution in [2.75, 3.05) is 30.0 Å². The summed E-state index contributed by atoms with van der Waals surface area (Å²) >= 11 is 0. The summed E-state index contributed by atoms with van der Waals surface area (Å²) in [6.07, 6.45) is 1.41. The lowest BCUT2D eigenvalue weighted by Crippen LogP contribution is -2.32. The van der Waals surface area contributed by atoms with Crippen molar-refractivity contribution in [2.24, 2.45) is 5.92 Å². The van der Waals surface area contributed by atoms with E-state index in [0.717, 1.165) is 12.0 Å². The summed E-state index contributed by atoms with van der Waals surface area (Å²) in [5.41, 5.74) is 2.28. The van der Waals surface area contributed by atoms with Crippen molar-refractivity contribution in [3.8, 4) is 11.5 Å². The maximum Gasteiger partial charge on any atom is 0.227 e. The molecule has 2 aliphatic heterocycles. The van der Waals surface area contributed by atoms with Crippen LogP contribution in [0.5, 0.6) is 11.5 Å². The van der Waals surface area contributed by atoms with Gasteiger partial charge in [0.25, 0.3) is 0 Å². The predicted octanol–water partition coefficient (Wildman–Crippen LogP) is 2.87. The van der Waals surface area contributed by atoms with Crippen molar-refractivity contribution in [3.63, 3.8) is 0 Å². The average Bonchev–Trinajstić information content (AvgIpc) is 3.19. The van der Waals surface area contributed by atoms with E-state index in [4.69, 9.17) is 9.47 Å². The molecule has 0 spiro atoms. The highest BCUT2D eigenvalue weighted by Crippen LogP contribution is 2.36. The van der Waals surface area contributed by atoms with Crippen LogP contribution in [-0.4, -0.2) is 37.5 Å². The number of amides is 3. The van der Waals surface area contributed by atoms with Gasteiger partial charge in [-0.3, -0.25) is 14.4 Å². The molecule has 168 valence electrons. The zero-order valence-electron chi connectivity index (χ0n) is 18.1. The molecule has 2 N–H and O–H groups in total. The van der Waals surface area contributed by atoms with Gasteiger partial charge in [0.1, 0.15) is 13.2 Å². The van der Waals surface area contributed by atoms with Crippen molar-refractivity contribution < 1.29 is 23.9 Å². The summed E-state index contributed by atoms with van der Waals surface area (Å²) < 4.78 is 11.1. The molecule has 2 aromatic rings. The monoisotopic (exact) mass is 437 g/mol. The first-order valence-corrected chi connectivity index (χ1v) is 10.9.